The van der Waals surface area contributed by atoms with Crippen LogP contribution in [0.5, 0.6) is 0 Å². The molecule has 1 fully saturated rings. The number of aliphatic hydroxyl groups excluding tert-OH is 1. The smallest absolute Gasteiger partial charge is 0.246 e. The van der Waals surface area contributed by atoms with Crippen LogP contribution in [0.3, 0.4) is 0 Å². The third-order valence-corrected chi connectivity index (χ3v) is 4.27. The van der Waals surface area contributed by atoms with E-state index in [4.69, 9.17) is 11.6 Å². The Morgan fingerprint density at radius 3 is 3.18 bits per heavy atom. The first-order valence-corrected chi connectivity index (χ1v) is 7.77. The Balaban J connectivity index is 1.78. The highest BCUT2D eigenvalue weighted by atomic mass is 35.5. The number of rotatable bonds is 3. The molecule has 6 heteroatoms. The molecule has 116 valence electrons. The summed E-state index contributed by atoms with van der Waals surface area (Å²) in [6, 6.07) is 5.64. The first-order chi connectivity index (χ1) is 10.7. The number of nitrogens with zero attached hydrogens (tertiary/aromatic N) is 3. The van der Waals surface area contributed by atoms with Crippen LogP contribution in [0.1, 0.15) is 18.5 Å². The van der Waals surface area contributed by atoms with Crippen LogP contribution in [0.15, 0.2) is 30.5 Å². The first kappa shape index (κ1) is 15.1. The lowest BCUT2D eigenvalue weighted by molar-refractivity contribution is -0.127. The van der Waals surface area contributed by atoms with Gasteiger partial charge in [0.1, 0.15) is 5.65 Å². The summed E-state index contributed by atoms with van der Waals surface area (Å²) in [6.45, 7) is 1.48. The van der Waals surface area contributed by atoms with Gasteiger partial charge in [-0.15, -0.1) is 0 Å². The Bertz CT molecular complexity index is 710. The molecule has 1 atom stereocenters. The number of aromatic nitrogens is 2. The average molecular weight is 320 g/mol. The highest BCUT2D eigenvalue weighted by Crippen LogP contribution is 2.20. The van der Waals surface area contributed by atoms with Crippen LogP contribution in [0.4, 0.5) is 0 Å². The Morgan fingerprint density at radius 2 is 2.36 bits per heavy atom. The van der Waals surface area contributed by atoms with Crippen LogP contribution in [0, 0.1) is 5.92 Å². The average Bonchev–Trinajstić information content (AvgIpc) is 2.88. The zero-order chi connectivity index (χ0) is 15.5. The first-order valence-electron chi connectivity index (χ1n) is 7.39. The van der Waals surface area contributed by atoms with Gasteiger partial charge in [0.15, 0.2) is 5.15 Å². The third kappa shape index (κ3) is 3.00. The molecule has 3 heterocycles. The highest BCUT2D eigenvalue weighted by molar-refractivity contribution is 6.31. The van der Waals surface area contributed by atoms with E-state index >= 15 is 0 Å². The Hall–Kier alpha value is -1.85. The fourth-order valence-electron chi connectivity index (χ4n) is 2.81. The summed E-state index contributed by atoms with van der Waals surface area (Å²) in [6.07, 6.45) is 7.00. The molecule has 0 aromatic carbocycles. The topological polar surface area (TPSA) is 57.8 Å². The third-order valence-electron chi connectivity index (χ3n) is 3.99. The molecule has 22 heavy (non-hydrogen) atoms. The number of aliphatic hydroxyl groups is 1. The van der Waals surface area contributed by atoms with Crippen molar-refractivity contribution in [3.05, 3.63) is 41.3 Å². The quantitative estimate of drug-likeness (QED) is 0.883. The number of amides is 1. The van der Waals surface area contributed by atoms with Gasteiger partial charge >= 0.3 is 0 Å². The number of halogens is 1. The van der Waals surface area contributed by atoms with Gasteiger partial charge in [-0.25, -0.2) is 4.98 Å². The Morgan fingerprint density at radius 1 is 1.50 bits per heavy atom. The molecular weight excluding hydrogens is 302 g/mol. The molecule has 0 radical (unpaired) electrons. The molecule has 1 saturated heterocycles. The lowest BCUT2D eigenvalue weighted by atomic mass is 9.99. The highest BCUT2D eigenvalue weighted by Gasteiger charge is 2.21. The summed E-state index contributed by atoms with van der Waals surface area (Å²) >= 11 is 6.14. The van der Waals surface area contributed by atoms with Crippen molar-refractivity contribution in [2.45, 2.75) is 12.8 Å². The maximum atomic E-state index is 12.3. The molecule has 0 bridgehead atoms. The van der Waals surface area contributed by atoms with Gasteiger partial charge in [0.05, 0.1) is 5.69 Å². The number of piperidine rings is 1. The van der Waals surface area contributed by atoms with Crippen molar-refractivity contribution in [2.24, 2.45) is 5.92 Å². The number of imidazole rings is 1. The zero-order valence-electron chi connectivity index (χ0n) is 12.2. The van der Waals surface area contributed by atoms with Crippen molar-refractivity contribution >= 4 is 29.2 Å². The van der Waals surface area contributed by atoms with Crippen molar-refractivity contribution in [1.29, 1.82) is 0 Å². The standard InChI is InChI=1S/C16H18ClN3O2/c17-16-13(20-9-2-1-5-14(20)18-16)6-7-15(22)19-8-3-4-12(10-19)11-21/h1-2,5-7,9,12,21H,3-4,8,10-11H2/b7-6+. The van der Waals surface area contributed by atoms with E-state index < -0.39 is 0 Å². The lowest BCUT2D eigenvalue weighted by Crippen LogP contribution is -2.40. The molecule has 1 amide bonds. The fraction of sp³-hybridized carbons (Fsp3) is 0.375. The van der Waals surface area contributed by atoms with E-state index in [9.17, 15) is 9.90 Å². The summed E-state index contributed by atoms with van der Waals surface area (Å²) in [4.78, 5) is 18.3. The van der Waals surface area contributed by atoms with Gasteiger partial charge < -0.3 is 10.0 Å². The molecule has 1 aliphatic heterocycles. The number of hydrogen-bond donors (Lipinski definition) is 1. The van der Waals surface area contributed by atoms with Crippen LogP contribution >= 0.6 is 11.6 Å². The predicted molar refractivity (Wildman–Crippen MR) is 85.6 cm³/mol. The van der Waals surface area contributed by atoms with Crippen LogP contribution in [-0.2, 0) is 4.79 Å². The lowest BCUT2D eigenvalue weighted by Gasteiger charge is -2.31. The van der Waals surface area contributed by atoms with Gasteiger partial charge in [-0.05, 0) is 37.0 Å². The maximum Gasteiger partial charge on any atom is 0.246 e. The van der Waals surface area contributed by atoms with Crippen molar-refractivity contribution < 1.29 is 9.90 Å². The van der Waals surface area contributed by atoms with E-state index in [0.29, 0.717) is 17.4 Å². The summed E-state index contributed by atoms with van der Waals surface area (Å²) in [5.41, 5.74) is 1.44. The Labute approximate surface area is 133 Å². The van der Waals surface area contributed by atoms with Crippen LogP contribution < -0.4 is 0 Å². The molecule has 0 saturated carbocycles. The number of pyridine rings is 1. The van der Waals surface area contributed by atoms with Gasteiger partial charge in [0, 0.05) is 32.0 Å². The molecule has 0 spiro atoms. The van der Waals surface area contributed by atoms with Crippen LogP contribution in [-0.4, -0.2) is 45.0 Å². The van der Waals surface area contributed by atoms with E-state index in [1.54, 1.807) is 11.0 Å². The second-order valence-electron chi connectivity index (χ2n) is 5.53. The predicted octanol–water partition coefficient (Wildman–Crippen LogP) is 2.23. The number of fused-ring (bicyclic) bond motifs is 1. The van der Waals surface area contributed by atoms with Gasteiger partial charge in [-0.2, -0.15) is 0 Å². The largest absolute Gasteiger partial charge is 0.396 e. The van der Waals surface area contributed by atoms with E-state index in [1.807, 2.05) is 28.8 Å². The molecule has 5 nitrogen and oxygen atoms in total. The second kappa shape index (κ2) is 6.50. The summed E-state index contributed by atoms with van der Waals surface area (Å²) in [5, 5.41) is 9.62. The molecule has 1 unspecified atom stereocenters. The zero-order valence-corrected chi connectivity index (χ0v) is 12.9. The normalized spacial score (nSPS) is 19.2. The minimum absolute atomic E-state index is 0.0555. The van der Waals surface area contributed by atoms with Crippen molar-refractivity contribution in [2.75, 3.05) is 19.7 Å². The van der Waals surface area contributed by atoms with E-state index in [0.717, 1.165) is 25.0 Å². The molecular formula is C16H18ClN3O2. The van der Waals surface area contributed by atoms with E-state index in [-0.39, 0.29) is 18.4 Å². The minimum Gasteiger partial charge on any atom is -0.396 e. The molecule has 3 rings (SSSR count). The monoisotopic (exact) mass is 319 g/mol. The SMILES string of the molecule is O=C(/C=C/c1c(Cl)nc2ccccn12)N1CCCC(CO)C1. The summed E-state index contributed by atoms with van der Waals surface area (Å²) in [5.74, 6) is 0.130. The van der Waals surface area contributed by atoms with E-state index in [2.05, 4.69) is 4.98 Å². The van der Waals surface area contributed by atoms with Crippen molar-refractivity contribution in [1.82, 2.24) is 14.3 Å². The Kier molecular flexibility index (Phi) is 4.45. The molecule has 1 N–H and O–H groups in total. The van der Waals surface area contributed by atoms with Crippen LogP contribution in [0.25, 0.3) is 11.7 Å². The maximum absolute atomic E-state index is 12.3. The second-order valence-corrected chi connectivity index (χ2v) is 5.88. The molecule has 2 aromatic heterocycles. The van der Waals surface area contributed by atoms with Crippen molar-refractivity contribution in [3.63, 3.8) is 0 Å². The van der Waals surface area contributed by atoms with Gasteiger partial charge in [-0.1, -0.05) is 17.7 Å². The number of hydrogen-bond acceptors (Lipinski definition) is 3. The van der Waals surface area contributed by atoms with Crippen LogP contribution in [0.2, 0.25) is 5.15 Å². The summed E-state index contributed by atoms with van der Waals surface area (Å²) in [7, 11) is 0. The van der Waals surface area contributed by atoms with E-state index in [1.165, 1.54) is 6.08 Å². The van der Waals surface area contributed by atoms with Gasteiger partial charge in [0.25, 0.3) is 0 Å². The number of likely N-dealkylation sites (tertiary alicyclic amines) is 1. The summed E-state index contributed by atoms with van der Waals surface area (Å²) < 4.78 is 1.85. The number of carbonyl (C=O) groups is 1. The molecule has 0 aliphatic carbocycles. The fourth-order valence-corrected chi connectivity index (χ4v) is 3.05. The number of carbonyl (C=O) groups excluding carboxylic acids is 1. The van der Waals surface area contributed by atoms with Crippen molar-refractivity contribution in [3.8, 4) is 0 Å². The molecule has 1 aliphatic rings. The molecule has 2 aromatic rings. The minimum atomic E-state index is -0.0555. The van der Waals surface area contributed by atoms with Gasteiger partial charge in [-0.3, -0.25) is 9.20 Å². The van der Waals surface area contributed by atoms with Gasteiger partial charge in [0.2, 0.25) is 5.91 Å².